The average molecular weight is 479 g/mol. The minimum atomic E-state index is -0.892. The van der Waals surface area contributed by atoms with Gasteiger partial charge in [0.25, 0.3) is 0 Å². The maximum Gasteiger partial charge on any atom is 0.327 e. The molecule has 1 N–H and O–H groups in total. The van der Waals surface area contributed by atoms with Crippen molar-refractivity contribution in [1.82, 2.24) is 9.55 Å². The number of aliphatic carboxylic acids is 1. The van der Waals surface area contributed by atoms with Crippen molar-refractivity contribution in [3.05, 3.63) is 94.1 Å². The molecule has 0 radical (unpaired) electrons. The van der Waals surface area contributed by atoms with Gasteiger partial charge in [0.2, 0.25) is 5.89 Å². The first-order valence-electron chi connectivity index (χ1n) is 11.1. The Morgan fingerprint density at radius 3 is 2.44 bits per heavy atom. The van der Waals surface area contributed by atoms with E-state index in [1.807, 2.05) is 75.4 Å². The summed E-state index contributed by atoms with van der Waals surface area (Å²) < 4.78 is 13.5. The molecular weight excluding hydrogens is 452 g/mol. The standard InChI is InChI=1S/C27H27ClN2O4/c1-17-15-23(28)18(2)30(17)25(27(31)32)16-20-9-11-22(12-10-20)33-14-13-24-19(3)34-26(29-24)21-7-5-4-6-8-21/h4-12,15,25H,13-14,16H2,1-3H3,(H,31,32)/t25-/m0/s1. The van der Waals surface area contributed by atoms with Crippen molar-refractivity contribution in [2.24, 2.45) is 0 Å². The summed E-state index contributed by atoms with van der Waals surface area (Å²) in [5.41, 5.74) is 4.30. The number of aryl methyl sites for hydroxylation is 2. The zero-order chi connectivity index (χ0) is 24.2. The molecule has 0 aliphatic rings. The Bertz CT molecular complexity index is 1280. The fourth-order valence-corrected chi connectivity index (χ4v) is 4.33. The van der Waals surface area contributed by atoms with Gasteiger partial charge in [0, 0.05) is 29.8 Å². The van der Waals surface area contributed by atoms with Crippen LogP contribution in [0.5, 0.6) is 5.75 Å². The number of hydrogen-bond acceptors (Lipinski definition) is 4. The summed E-state index contributed by atoms with van der Waals surface area (Å²) in [6.07, 6.45) is 0.973. The largest absolute Gasteiger partial charge is 0.493 e. The smallest absolute Gasteiger partial charge is 0.327 e. The number of carboxylic acid groups (broad SMARTS) is 1. The number of carbonyl (C=O) groups is 1. The summed E-state index contributed by atoms with van der Waals surface area (Å²) in [4.78, 5) is 16.6. The molecule has 4 rings (SSSR count). The fraction of sp³-hybridized carbons (Fsp3) is 0.259. The van der Waals surface area contributed by atoms with Gasteiger partial charge in [-0.2, -0.15) is 0 Å². The molecule has 0 unspecified atom stereocenters. The molecule has 0 saturated heterocycles. The normalized spacial score (nSPS) is 12.0. The van der Waals surface area contributed by atoms with Crippen LogP contribution in [0.15, 0.2) is 65.1 Å². The van der Waals surface area contributed by atoms with Crippen molar-refractivity contribution in [2.45, 2.75) is 39.7 Å². The molecule has 0 fully saturated rings. The summed E-state index contributed by atoms with van der Waals surface area (Å²) >= 11 is 6.20. The van der Waals surface area contributed by atoms with Crippen LogP contribution in [0.4, 0.5) is 0 Å². The molecule has 2 aromatic carbocycles. The number of nitrogens with zero attached hydrogens (tertiary/aromatic N) is 2. The van der Waals surface area contributed by atoms with Gasteiger partial charge in [-0.05, 0) is 56.7 Å². The highest BCUT2D eigenvalue weighted by Crippen LogP contribution is 2.27. The first-order valence-corrected chi connectivity index (χ1v) is 11.5. The highest BCUT2D eigenvalue weighted by atomic mass is 35.5. The highest BCUT2D eigenvalue weighted by Gasteiger charge is 2.24. The molecule has 1 atom stereocenters. The molecule has 2 heterocycles. The SMILES string of the molecule is Cc1oc(-c2ccccc2)nc1CCOc1ccc(C[C@@H](C(=O)O)n2c(C)cc(Cl)c2C)cc1. The Kier molecular flexibility index (Phi) is 7.08. The van der Waals surface area contributed by atoms with Crippen LogP contribution in [0.25, 0.3) is 11.5 Å². The second kappa shape index (κ2) is 10.2. The van der Waals surface area contributed by atoms with Gasteiger partial charge < -0.3 is 18.8 Å². The van der Waals surface area contributed by atoms with Gasteiger partial charge in [-0.3, -0.25) is 0 Å². The first-order chi connectivity index (χ1) is 16.3. The number of aromatic nitrogens is 2. The van der Waals surface area contributed by atoms with E-state index < -0.39 is 12.0 Å². The van der Waals surface area contributed by atoms with Crippen LogP contribution >= 0.6 is 11.6 Å². The zero-order valence-corrected chi connectivity index (χ0v) is 20.2. The quantitative estimate of drug-likeness (QED) is 0.309. The van der Waals surface area contributed by atoms with E-state index >= 15 is 0 Å². The Labute approximate surface area is 203 Å². The highest BCUT2D eigenvalue weighted by molar-refractivity contribution is 6.31. The van der Waals surface area contributed by atoms with Gasteiger partial charge in [-0.1, -0.05) is 41.9 Å². The lowest BCUT2D eigenvalue weighted by Crippen LogP contribution is -2.23. The lowest BCUT2D eigenvalue weighted by Gasteiger charge is -2.19. The second-order valence-corrected chi connectivity index (χ2v) is 8.68. The second-order valence-electron chi connectivity index (χ2n) is 8.28. The summed E-state index contributed by atoms with van der Waals surface area (Å²) in [5.74, 6) is 1.22. The Morgan fingerprint density at radius 1 is 1.12 bits per heavy atom. The third-order valence-corrected chi connectivity index (χ3v) is 6.28. The van der Waals surface area contributed by atoms with Gasteiger partial charge in [-0.15, -0.1) is 0 Å². The van der Waals surface area contributed by atoms with E-state index in [4.69, 9.17) is 20.8 Å². The Balaban J connectivity index is 1.37. The van der Waals surface area contributed by atoms with Crippen molar-refractivity contribution in [3.63, 3.8) is 0 Å². The molecule has 6 nitrogen and oxygen atoms in total. The molecule has 2 aromatic heterocycles. The van der Waals surface area contributed by atoms with Crippen LogP contribution < -0.4 is 4.74 Å². The summed E-state index contributed by atoms with van der Waals surface area (Å²) in [6.45, 7) is 6.06. The van der Waals surface area contributed by atoms with Gasteiger partial charge in [0.1, 0.15) is 17.6 Å². The Morgan fingerprint density at radius 2 is 1.82 bits per heavy atom. The molecule has 0 aliphatic carbocycles. The van der Waals surface area contributed by atoms with Gasteiger partial charge in [-0.25, -0.2) is 9.78 Å². The monoisotopic (exact) mass is 478 g/mol. The summed E-state index contributed by atoms with van der Waals surface area (Å²) in [5, 5.41) is 10.4. The molecule has 176 valence electrons. The van der Waals surface area contributed by atoms with Crippen molar-refractivity contribution in [3.8, 4) is 17.2 Å². The molecule has 0 bridgehead atoms. The summed E-state index contributed by atoms with van der Waals surface area (Å²) in [7, 11) is 0. The maximum atomic E-state index is 12.0. The van der Waals surface area contributed by atoms with Crippen molar-refractivity contribution in [1.29, 1.82) is 0 Å². The third-order valence-electron chi connectivity index (χ3n) is 5.89. The molecule has 0 saturated carbocycles. The number of oxazole rings is 1. The van der Waals surface area contributed by atoms with Gasteiger partial charge >= 0.3 is 5.97 Å². The number of ether oxygens (including phenoxy) is 1. The number of halogens is 1. The van der Waals surface area contributed by atoms with Crippen molar-refractivity contribution < 1.29 is 19.1 Å². The number of rotatable bonds is 9. The van der Waals surface area contributed by atoms with Crippen LogP contribution in [0.1, 0.15) is 34.4 Å². The van der Waals surface area contributed by atoms with E-state index in [0.29, 0.717) is 30.4 Å². The van der Waals surface area contributed by atoms with E-state index in [1.54, 1.807) is 10.6 Å². The van der Waals surface area contributed by atoms with Crippen LogP contribution in [-0.2, 0) is 17.6 Å². The predicted molar refractivity (Wildman–Crippen MR) is 132 cm³/mol. The lowest BCUT2D eigenvalue weighted by atomic mass is 10.1. The molecule has 7 heteroatoms. The minimum absolute atomic E-state index is 0.350. The van der Waals surface area contributed by atoms with Crippen molar-refractivity contribution >= 4 is 17.6 Å². The van der Waals surface area contributed by atoms with Crippen LogP contribution in [0.3, 0.4) is 0 Å². The predicted octanol–water partition coefficient (Wildman–Crippen LogP) is 6.21. The fourth-order valence-electron chi connectivity index (χ4n) is 4.08. The van der Waals surface area contributed by atoms with Crippen LogP contribution in [-0.4, -0.2) is 27.2 Å². The first kappa shape index (κ1) is 23.6. The molecule has 0 aliphatic heterocycles. The van der Waals surface area contributed by atoms with Crippen molar-refractivity contribution in [2.75, 3.05) is 6.61 Å². The van der Waals surface area contributed by atoms with E-state index in [9.17, 15) is 9.90 Å². The number of benzene rings is 2. The van der Waals surface area contributed by atoms with Crippen LogP contribution in [0, 0.1) is 20.8 Å². The molecule has 0 amide bonds. The minimum Gasteiger partial charge on any atom is -0.493 e. The van der Waals surface area contributed by atoms with Gasteiger partial charge in [0.15, 0.2) is 0 Å². The Hall–Kier alpha value is -3.51. The molecule has 0 spiro atoms. The third kappa shape index (κ3) is 5.18. The molecular formula is C27H27ClN2O4. The zero-order valence-electron chi connectivity index (χ0n) is 19.4. The average Bonchev–Trinajstić information content (AvgIpc) is 3.31. The topological polar surface area (TPSA) is 77.5 Å². The van der Waals surface area contributed by atoms with E-state index in [2.05, 4.69) is 4.98 Å². The van der Waals surface area contributed by atoms with E-state index in [0.717, 1.165) is 39.7 Å². The number of hydrogen-bond donors (Lipinski definition) is 1. The van der Waals surface area contributed by atoms with E-state index in [-0.39, 0.29) is 0 Å². The van der Waals surface area contributed by atoms with Gasteiger partial charge in [0.05, 0.1) is 17.3 Å². The number of carboxylic acids is 1. The maximum absolute atomic E-state index is 12.0. The molecule has 4 aromatic rings. The van der Waals surface area contributed by atoms with E-state index in [1.165, 1.54) is 0 Å². The summed E-state index contributed by atoms with van der Waals surface area (Å²) in [6, 6.07) is 18.4. The molecule has 34 heavy (non-hydrogen) atoms. The lowest BCUT2D eigenvalue weighted by molar-refractivity contribution is -0.141. The van der Waals surface area contributed by atoms with Crippen LogP contribution in [0.2, 0.25) is 5.02 Å².